The van der Waals surface area contributed by atoms with Crippen molar-refractivity contribution in [2.45, 2.75) is 22.3 Å². The van der Waals surface area contributed by atoms with Crippen molar-refractivity contribution in [1.82, 2.24) is 10.2 Å². The van der Waals surface area contributed by atoms with Crippen molar-refractivity contribution >= 4 is 28.2 Å². The molecule has 18 heavy (non-hydrogen) atoms. The predicted molar refractivity (Wildman–Crippen MR) is 75.4 cm³/mol. The average Bonchev–Trinajstić information content (AvgIpc) is 2.78. The molecule has 0 spiro atoms. The second-order valence-electron chi connectivity index (χ2n) is 4.09. The van der Waals surface area contributed by atoms with Gasteiger partial charge in [-0.1, -0.05) is 35.2 Å². The Bertz CT molecular complexity index is 508. The number of benzene rings is 1. The molecule has 0 amide bonds. The third-order valence-corrected chi connectivity index (χ3v) is 4.50. The van der Waals surface area contributed by atoms with Gasteiger partial charge in [0.2, 0.25) is 5.13 Å². The maximum Gasteiger partial charge on any atom is 0.208 e. The molecule has 2 rings (SSSR count). The fourth-order valence-corrected chi connectivity index (χ4v) is 3.08. The Morgan fingerprint density at radius 1 is 1.22 bits per heavy atom. The lowest BCUT2D eigenvalue weighted by atomic mass is 10.1. The molecule has 0 saturated carbocycles. The van der Waals surface area contributed by atoms with E-state index in [1.54, 1.807) is 30.0 Å². The van der Waals surface area contributed by atoms with Crippen LogP contribution in [0.4, 0.5) is 5.13 Å². The van der Waals surface area contributed by atoms with Gasteiger partial charge in [-0.15, -0.1) is 10.2 Å². The molecule has 1 aromatic carbocycles. The minimum atomic E-state index is -0.425. The molecule has 2 aromatic rings. The number of hydrogen-bond acceptors (Lipinski definition) is 6. The Morgan fingerprint density at radius 2 is 1.89 bits per heavy atom. The van der Waals surface area contributed by atoms with E-state index in [0.717, 1.165) is 19.9 Å². The van der Waals surface area contributed by atoms with Crippen molar-refractivity contribution in [2.24, 2.45) is 0 Å². The quantitative estimate of drug-likeness (QED) is 0.934. The zero-order valence-electron chi connectivity index (χ0n) is 10.5. The van der Waals surface area contributed by atoms with Crippen molar-refractivity contribution in [3.8, 4) is 0 Å². The van der Waals surface area contributed by atoms with Crippen LogP contribution in [0.3, 0.4) is 0 Å². The maximum atomic E-state index is 9.44. The van der Waals surface area contributed by atoms with Crippen LogP contribution >= 0.6 is 23.1 Å². The lowest BCUT2D eigenvalue weighted by molar-refractivity contribution is 0.199. The van der Waals surface area contributed by atoms with Gasteiger partial charge in [-0.05, 0) is 24.6 Å². The van der Waals surface area contributed by atoms with Crippen LogP contribution in [0.5, 0.6) is 0 Å². The number of hydrogen-bond donors (Lipinski definition) is 1. The summed E-state index contributed by atoms with van der Waals surface area (Å²) in [6, 6.07) is 7.84. The molecule has 96 valence electrons. The fraction of sp³-hybridized carbons (Fsp3) is 0.333. The van der Waals surface area contributed by atoms with Crippen molar-refractivity contribution in [3.05, 3.63) is 29.8 Å². The molecule has 0 saturated heterocycles. The van der Waals surface area contributed by atoms with Gasteiger partial charge in [-0.3, -0.25) is 0 Å². The highest BCUT2D eigenvalue weighted by Gasteiger charge is 2.07. The number of aliphatic hydroxyl groups excluding tert-OH is 1. The average molecular weight is 281 g/mol. The first-order valence-electron chi connectivity index (χ1n) is 5.53. The van der Waals surface area contributed by atoms with E-state index in [1.807, 2.05) is 43.3 Å². The molecule has 0 radical (unpaired) electrons. The first kappa shape index (κ1) is 13.3. The van der Waals surface area contributed by atoms with Gasteiger partial charge in [0.15, 0.2) is 4.34 Å². The van der Waals surface area contributed by atoms with Gasteiger partial charge in [0.25, 0.3) is 0 Å². The summed E-state index contributed by atoms with van der Waals surface area (Å²) in [6.45, 7) is 1.76. The normalized spacial score (nSPS) is 12.4. The lowest BCUT2D eigenvalue weighted by Crippen LogP contribution is -2.07. The zero-order valence-corrected chi connectivity index (χ0v) is 12.1. The van der Waals surface area contributed by atoms with Crippen LogP contribution < -0.4 is 4.90 Å². The Balaban J connectivity index is 2.08. The Hall–Kier alpha value is -1.11. The van der Waals surface area contributed by atoms with Gasteiger partial charge >= 0.3 is 0 Å². The topological polar surface area (TPSA) is 49.3 Å². The third-order valence-electron chi connectivity index (χ3n) is 2.35. The fourth-order valence-electron chi connectivity index (χ4n) is 1.34. The summed E-state index contributed by atoms with van der Waals surface area (Å²) in [5, 5.41) is 18.6. The minimum absolute atomic E-state index is 0.425. The molecule has 0 aliphatic rings. The summed E-state index contributed by atoms with van der Waals surface area (Å²) < 4.78 is 0.920. The van der Waals surface area contributed by atoms with Crippen LogP contribution in [0, 0.1) is 0 Å². The number of aliphatic hydroxyl groups is 1. The lowest BCUT2D eigenvalue weighted by Gasteiger charge is -2.05. The molecule has 0 fully saturated rings. The summed E-state index contributed by atoms with van der Waals surface area (Å²) in [5.74, 6) is 0. The standard InChI is InChI=1S/C12H15N3OS2/c1-8(16)9-4-6-10(7-5-9)17-12-14-13-11(18-12)15(2)3/h4-8,16H,1-3H3/t8-/m0/s1. The molecule has 0 bridgehead atoms. The van der Waals surface area contributed by atoms with E-state index in [9.17, 15) is 5.11 Å². The van der Waals surface area contributed by atoms with Crippen LogP contribution in [0.25, 0.3) is 0 Å². The molecule has 1 aromatic heterocycles. The van der Waals surface area contributed by atoms with Gasteiger partial charge in [0.05, 0.1) is 6.10 Å². The molecular formula is C12H15N3OS2. The molecule has 0 unspecified atom stereocenters. The molecule has 0 aliphatic heterocycles. The van der Waals surface area contributed by atoms with Gasteiger partial charge in [0, 0.05) is 19.0 Å². The number of rotatable bonds is 4. The second-order valence-corrected chi connectivity index (χ2v) is 6.37. The van der Waals surface area contributed by atoms with Crippen molar-refractivity contribution in [2.75, 3.05) is 19.0 Å². The number of aromatic nitrogens is 2. The van der Waals surface area contributed by atoms with Gasteiger partial charge in [-0.2, -0.15) is 0 Å². The SMILES string of the molecule is C[C@H](O)c1ccc(Sc2nnc(N(C)C)s2)cc1. The van der Waals surface area contributed by atoms with E-state index in [2.05, 4.69) is 10.2 Å². The summed E-state index contributed by atoms with van der Waals surface area (Å²) >= 11 is 3.15. The highest BCUT2D eigenvalue weighted by atomic mass is 32.2. The van der Waals surface area contributed by atoms with Crippen molar-refractivity contribution in [3.63, 3.8) is 0 Å². The molecule has 0 aliphatic carbocycles. The zero-order chi connectivity index (χ0) is 13.1. The van der Waals surface area contributed by atoms with Crippen LogP contribution in [0.1, 0.15) is 18.6 Å². The summed E-state index contributed by atoms with van der Waals surface area (Å²) in [5.41, 5.74) is 0.922. The van der Waals surface area contributed by atoms with Crippen LogP contribution in [-0.4, -0.2) is 29.4 Å². The van der Waals surface area contributed by atoms with E-state index in [0.29, 0.717) is 0 Å². The first-order valence-corrected chi connectivity index (χ1v) is 7.16. The van der Waals surface area contributed by atoms with Gasteiger partial charge < -0.3 is 10.0 Å². The van der Waals surface area contributed by atoms with Crippen molar-refractivity contribution < 1.29 is 5.11 Å². The van der Waals surface area contributed by atoms with E-state index >= 15 is 0 Å². The molecule has 4 nitrogen and oxygen atoms in total. The van der Waals surface area contributed by atoms with E-state index < -0.39 is 6.10 Å². The minimum Gasteiger partial charge on any atom is -0.389 e. The molecule has 1 N–H and O–H groups in total. The number of nitrogens with zero attached hydrogens (tertiary/aromatic N) is 3. The highest BCUT2D eigenvalue weighted by Crippen LogP contribution is 2.33. The smallest absolute Gasteiger partial charge is 0.208 e. The Morgan fingerprint density at radius 3 is 2.39 bits per heavy atom. The molecule has 1 heterocycles. The van der Waals surface area contributed by atoms with Gasteiger partial charge in [-0.25, -0.2) is 0 Å². The molecule has 1 atom stereocenters. The van der Waals surface area contributed by atoms with Gasteiger partial charge in [0.1, 0.15) is 0 Å². The third kappa shape index (κ3) is 3.22. The Kier molecular flexibility index (Phi) is 4.21. The second kappa shape index (κ2) is 5.69. The first-order chi connectivity index (χ1) is 8.56. The Labute approximate surface area is 115 Å². The maximum absolute atomic E-state index is 9.44. The highest BCUT2D eigenvalue weighted by molar-refractivity contribution is 8.01. The molecule has 6 heteroatoms. The largest absolute Gasteiger partial charge is 0.389 e. The monoisotopic (exact) mass is 281 g/mol. The van der Waals surface area contributed by atoms with E-state index in [-0.39, 0.29) is 0 Å². The summed E-state index contributed by atoms with van der Waals surface area (Å²) in [6.07, 6.45) is -0.425. The van der Waals surface area contributed by atoms with Crippen LogP contribution in [0.15, 0.2) is 33.5 Å². The number of anilines is 1. The molecular weight excluding hydrogens is 266 g/mol. The predicted octanol–water partition coefficient (Wildman–Crippen LogP) is 2.81. The summed E-state index contributed by atoms with van der Waals surface area (Å²) in [4.78, 5) is 3.04. The van der Waals surface area contributed by atoms with Crippen LogP contribution in [0.2, 0.25) is 0 Å². The summed E-state index contributed by atoms with van der Waals surface area (Å²) in [7, 11) is 3.90. The van der Waals surface area contributed by atoms with E-state index in [1.165, 1.54) is 0 Å². The van der Waals surface area contributed by atoms with Crippen LogP contribution in [-0.2, 0) is 0 Å². The van der Waals surface area contributed by atoms with E-state index in [4.69, 9.17) is 0 Å². The van der Waals surface area contributed by atoms with Crippen molar-refractivity contribution in [1.29, 1.82) is 0 Å².